The van der Waals surface area contributed by atoms with Gasteiger partial charge in [-0.15, -0.1) is 6.58 Å². The maximum absolute atomic E-state index is 11.3. The summed E-state index contributed by atoms with van der Waals surface area (Å²) in [4.78, 5) is 11.3. The zero-order chi connectivity index (χ0) is 15.1. The van der Waals surface area contributed by atoms with E-state index in [4.69, 9.17) is 4.74 Å². The van der Waals surface area contributed by atoms with Gasteiger partial charge in [-0.1, -0.05) is 41.5 Å². The second kappa shape index (κ2) is 15.2. The molecule has 4 nitrogen and oxygen atoms in total. The second-order valence-electron chi connectivity index (χ2n) is 4.62. The molecule has 0 heterocycles. The molecule has 0 aromatic carbocycles. The lowest BCUT2D eigenvalue weighted by molar-refractivity contribution is -0.121. The number of carbonyl (C=O) groups excluding carboxylic acids is 1. The number of ether oxygens (including phenoxy) is 1. The van der Waals surface area contributed by atoms with Crippen molar-refractivity contribution in [1.82, 2.24) is 10.6 Å². The van der Waals surface area contributed by atoms with Crippen molar-refractivity contribution in [2.75, 3.05) is 31.4 Å². The third-order valence-electron chi connectivity index (χ3n) is 2.34. The molecule has 0 spiro atoms. The summed E-state index contributed by atoms with van der Waals surface area (Å²) in [5.41, 5.74) is 0. The third-order valence-corrected chi connectivity index (χ3v) is 4.43. The molecule has 0 aliphatic rings. The molecular weight excluding hydrogens is 292 g/mol. The van der Waals surface area contributed by atoms with Gasteiger partial charge in [-0.2, -0.15) is 0 Å². The van der Waals surface area contributed by atoms with E-state index in [1.54, 1.807) is 16.9 Å². The van der Waals surface area contributed by atoms with E-state index in [-0.39, 0.29) is 5.91 Å². The molecule has 0 aromatic rings. The highest BCUT2D eigenvalue weighted by atomic mass is 33.1. The summed E-state index contributed by atoms with van der Waals surface area (Å²) < 4.78 is 5.50. The van der Waals surface area contributed by atoms with Crippen molar-refractivity contribution in [2.45, 2.75) is 39.2 Å². The molecule has 6 heteroatoms. The molecule has 0 bridgehead atoms. The van der Waals surface area contributed by atoms with Crippen LogP contribution in [0.3, 0.4) is 0 Å². The molecule has 0 rings (SSSR count). The zero-order valence-corrected chi connectivity index (χ0v) is 14.3. The van der Waals surface area contributed by atoms with Gasteiger partial charge in [0.2, 0.25) is 5.91 Å². The van der Waals surface area contributed by atoms with Crippen LogP contribution in [0, 0.1) is 0 Å². The van der Waals surface area contributed by atoms with Crippen LogP contribution in [-0.2, 0) is 9.53 Å². The smallest absolute Gasteiger partial charge is 0.220 e. The number of hydrogen-bond acceptors (Lipinski definition) is 5. The van der Waals surface area contributed by atoms with E-state index in [1.165, 1.54) is 0 Å². The number of nitrogens with one attached hydrogen (secondary N) is 2. The Kier molecular flexibility index (Phi) is 15.1. The maximum atomic E-state index is 11.3. The Hall–Kier alpha value is -0.170. The molecule has 0 fully saturated rings. The predicted octanol–water partition coefficient (Wildman–Crippen LogP) is 2.81. The summed E-state index contributed by atoms with van der Waals surface area (Å²) >= 11 is 0. The Morgan fingerprint density at radius 2 is 2.15 bits per heavy atom. The first-order chi connectivity index (χ1) is 9.66. The van der Waals surface area contributed by atoms with E-state index in [9.17, 15) is 4.79 Å². The minimum Gasteiger partial charge on any atom is -0.370 e. The Morgan fingerprint density at radius 3 is 2.85 bits per heavy atom. The largest absolute Gasteiger partial charge is 0.370 e. The van der Waals surface area contributed by atoms with E-state index in [2.05, 4.69) is 31.1 Å². The Morgan fingerprint density at radius 1 is 1.35 bits per heavy atom. The number of carbonyl (C=O) groups is 1. The quantitative estimate of drug-likeness (QED) is 0.223. The highest BCUT2D eigenvalue weighted by Gasteiger charge is 1.99. The fourth-order valence-electron chi connectivity index (χ4n) is 1.34. The van der Waals surface area contributed by atoms with Crippen molar-refractivity contribution >= 4 is 27.5 Å². The lowest BCUT2D eigenvalue weighted by atomic mass is 10.2. The van der Waals surface area contributed by atoms with Gasteiger partial charge in [0.15, 0.2) is 0 Å². The molecule has 0 radical (unpaired) electrons. The normalized spacial score (nSPS) is 10.8. The minimum absolute atomic E-state index is 0.0903. The van der Waals surface area contributed by atoms with Gasteiger partial charge in [0.1, 0.15) is 5.94 Å². The summed E-state index contributed by atoms with van der Waals surface area (Å²) in [5, 5.41) is 6.13. The van der Waals surface area contributed by atoms with Crippen molar-refractivity contribution in [3.63, 3.8) is 0 Å². The summed E-state index contributed by atoms with van der Waals surface area (Å²) in [5.74, 6) is 1.90. The summed E-state index contributed by atoms with van der Waals surface area (Å²) in [6, 6.07) is 0.556. The lowest BCUT2D eigenvalue weighted by Crippen LogP contribution is -2.24. The number of amides is 1. The fraction of sp³-hybridized carbons (Fsp3) is 0.786. The molecule has 1 amide bonds. The molecule has 0 aliphatic heterocycles. The van der Waals surface area contributed by atoms with Crippen molar-refractivity contribution < 1.29 is 9.53 Å². The summed E-state index contributed by atoms with van der Waals surface area (Å²) in [6.07, 6.45) is 4.06. The first-order valence-corrected chi connectivity index (χ1v) is 9.58. The SMILES string of the molecule is C=CCNC(=O)CCCCOCSSCCNC(C)C. The van der Waals surface area contributed by atoms with Crippen LogP contribution in [0.2, 0.25) is 0 Å². The number of rotatable bonds is 14. The van der Waals surface area contributed by atoms with E-state index >= 15 is 0 Å². The average molecular weight is 321 g/mol. The van der Waals surface area contributed by atoms with Gasteiger partial charge in [-0.3, -0.25) is 4.79 Å². The monoisotopic (exact) mass is 320 g/mol. The van der Waals surface area contributed by atoms with Crippen LogP contribution in [0.15, 0.2) is 12.7 Å². The van der Waals surface area contributed by atoms with Gasteiger partial charge >= 0.3 is 0 Å². The minimum atomic E-state index is 0.0903. The van der Waals surface area contributed by atoms with Crippen molar-refractivity contribution in [3.05, 3.63) is 12.7 Å². The van der Waals surface area contributed by atoms with Gasteiger partial charge in [0, 0.05) is 37.9 Å². The zero-order valence-electron chi connectivity index (χ0n) is 12.7. The molecule has 20 heavy (non-hydrogen) atoms. The third kappa shape index (κ3) is 15.9. The highest BCUT2D eigenvalue weighted by molar-refractivity contribution is 8.76. The highest BCUT2D eigenvalue weighted by Crippen LogP contribution is 2.20. The first kappa shape index (κ1) is 19.8. The van der Waals surface area contributed by atoms with E-state index < -0.39 is 0 Å². The number of unbranched alkanes of at least 4 members (excludes halogenated alkanes) is 1. The molecule has 0 aliphatic carbocycles. The van der Waals surface area contributed by atoms with Crippen LogP contribution in [0.5, 0.6) is 0 Å². The average Bonchev–Trinajstić information content (AvgIpc) is 2.42. The van der Waals surface area contributed by atoms with Crippen LogP contribution in [-0.4, -0.2) is 43.3 Å². The Bertz CT molecular complexity index is 251. The van der Waals surface area contributed by atoms with Crippen molar-refractivity contribution in [1.29, 1.82) is 0 Å². The molecule has 0 aromatic heterocycles. The van der Waals surface area contributed by atoms with Crippen LogP contribution in [0.4, 0.5) is 0 Å². The van der Waals surface area contributed by atoms with Crippen LogP contribution >= 0.6 is 21.6 Å². The van der Waals surface area contributed by atoms with E-state index in [0.717, 1.165) is 37.7 Å². The lowest BCUT2D eigenvalue weighted by Gasteiger charge is -2.07. The predicted molar refractivity (Wildman–Crippen MR) is 91.1 cm³/mol. The van der Waals surface area contributed by atoms with Gasteiger partial charge in [-0.05, 0) is 12.8 Å². The summed E-state index contributed by atoms with van der Waals surface area (Å²) in [7, 11) is 3.57. The first-order valence-electron chi connectivity index (χ1n) is 7.10. The molecule has 0 unspecified atom stereocenters. The van der Waals surface area contributed by atoms with Crippen LogP contribution in [0.25, 0.3) is 0 Å². The topological polar surface area (TPSA) is 50.4 Å². The number of hydrogen-bond donors (Lipinski definition) is 2. The summed E-state index contributed by atoms with van der Waals surface area (Å²) in [6.45, 7) is 10.2. The van der Waals surface area contributed by atoms with Crippen LogP contribution in [0.1, 0.15) is 33.1 Å². The van der Waals surface area contributed by atoms with Gasteiger partial charge in [0.25, 0.3) is 0 Å². The van der Waals surface area contributed by atoms with Gasteiger partial charge < -0.3 is 15.4 Å². The molecule has 0 saturated carbocycles. The van der Waals surface area contributed by atoms with Gasteiger partial charge in [0.05, 0.1) is 0 Å². The standard InChI is InChI=1S/C14H28N2O2S2/c1-4-8-16-14(17)7-5-6-10-18-12-20-19-11-9-15-13(2)3/h4,13,15H,1,5-12H2,2-3H3,(H,16,17). The van der Waals surface area contributed by atoms with Gasteiger partial charge in [-0.25, -0.2) is 0 Å². The Balaban J connectivity index is 3.09. The second-order valence-corrected chi connectivity index (χ2v) is 7.15. The molecular formula is C14H28N2O2S2. The maximum Gasteiger partial charge on any atom is 0.220 e. The van der Waals surface area contributed by atoms with E-state index in [1.807, 2.05) is 10.8 Å². The molecule has 0 saturated heterocycles. The fourth-order valence-corrected chi connectivity index (χ4v) is 2.92. The van der Waals surface area contributed by atoms with Crippen molar-refractivity contribution in [2.24, 2.45) is 0 Å². The molecule has 118 valence electrons. The Labute approximate surface area is 131 Å². The van der Waals surface area contributed by atoms with E-state index in [0.29, 0.717) is 19.0 Å². The van der Waals surface area contributed by atoms with Crippen LogP contribution < -0.4 is 10.6 Å². The molecule has 2 N–H and O–H groups in total. The molecule has 0 atom stereocenters. The van der Waals surface area contributed by atoms with Crippen molar-refractivity contribution in [3.8, 4) is 0 Å².